The van der Waals surface area contributed by atoms with Gasteiger partial charge in [0.15, 0.2) is 12.2 Å². The largest absolute Gasteiger partial charge is 0.479 e. The molecule has 0 radical (unpaired) electrons. The van der Waals surface area contributed by atoms with Gasteiger partial charge in [-0.25, -0.2) is 4.79 Å². The second kappa shape index (κ2) is 9.43. The summed E-state index contributed by atoms with van der Waals surface area (Å²) in [5.74, 6) is -1.11. The number of nitrogens with one attached hydrogen (secondary N) is 2. The minimum atomic E-state index is -1.18. The summed E-state index contributed by atoms with van der Waals surface area (Å²) >= 11 is 1.70. The van der Waals surface area contributed by atoms with Gasteiger partial charge in [0.25, 0.3) is 5.91 Å². The van der Waals surface area contributed by atoms with Crippen molar-refractivity contribution in [2.45, 2.75) is 31.1 Å². The maximum Gasteiger partial charge on any atom is 0.336 e. The first-order valence-electron chi connectivity index (χ1n) is 8.02. The van der Waals surface area contributed by atoms with Crippen LogP contribution >= 0.6 is 11.8 Å². The van der Waals surface area contributed by atoms with E-state index in [2.05, 4.69) is 10.6 Å². The molecule has 7 nitrogen and oxygen atoms in total. The number of hydrogen-bond acceptors (Lipinski definition) is 5. The molecule has 0 unspecified atom stereocenters. The molecule has 2 rings (SSSR count). The summed E-state index contributed by atoms with van der Waals surface area (Å²) in [6.45, 7) is 0.526. The van der Waals surface area contributed by atoms with Gasteiger partial charge in [-0.3, -0.25) is 9.59 Å². The van der Waals surface area contributed by atoms with Crippen LogP contribution in [0.3, 0.4) is 0 Å². The number of epoxide rings is 1. The van der Waals surface area contributed by atoms with Crippen LogP contribution in [-0.2, 0) is 25.5 Å². The topological polar surface area (TPSA) is 108 Å². The molecule has 1 aliphatic rings. The Bertz CT molecular complexity index is 610. The maximum atomic E-state index is 12.4. The number of benzene rings is 1. The highest BCUT2D eigenvalue weighted by atomic mass is 32.2. The Labute approximate surface area is 150 Å². The number of ether oxygens (including phenoxy) is 1. The van der Waals surface area contributed by atoms with Gasteiger partial charge >= 0.3 is 5.97 Å². The van der Waals surface area contributed by atoms with E-state index in [4.69, 9.17) is 9.84 Å². The normalized spacial score (nSPS) is 19.7. The predicted molar refractivity (Wildman–Crippen MR) is 94.4 cm³/mol. The summed E-state index contributed by atoms with van der Waals surface area (Å²) in [5.41, 5.74) is 0.901. The molecule has 1 aliphatic heterocycles. The summed E-state index contributed by atoms with van der Waals surface area (Å²) in [6, 6.07) is 8.55. The summed E-state index contributed by atoms with van der Waals surface area (Å²) in [4.78, 5) is 35.3. The standard InChI is InChI=1S/C17H22N2O5S/c1-25-9-5-8-18-15(20)12(10-11-6-3-2-4-7-11)19-16(21)13-14(24-13)17(22)23/h2-4,6-7,12-14H,5,8-10H2,1H3,(H,18,20)(H,19,21)(H,22,23)/t12-,13-,14-/m0/s1. The van der Waals surface area contributed by atoms with E-state index in [1.54, 1.807) is 11.8 Å². The highest BCUT2D eigenvalue weighted by molar-refractivity contribution is 7.98. The fourth-order valence-electron chi connectivity index (χ4n) is 2.36. The lowest BCUT2D eigenvalue weighted by atomic mass is 10.0. The predicted octanol–water partition coefficient (Wildman–Crippen LogP) is 0.435. The smallest absolute Gasteiger partial charge is 0.336 e. The Morgan fingerprint density at radius 1 is 1.24 bits per heavy atom. The number of hydrogen-bond donors (Lipinski definition) is 3. The molecule has 0 spiro atoms. The third kappa shape index (κ3) is 6.06. The van der Waals surface area contributed by atoms with Gasteiger partial charge in [0.1, 0.15) is 6.04 Å². The zero-order chi connectivity index (χ0) is 18.2. The Kier molecular flexibility index (Phi) is 7.27. The van der Waals surface area contributed by atoms with Gasteiger partial charge in [-0.1, -0.05) is 30.3 Å². The molecule has 8 heteroatoms. The number of aliphatic carboxylic acids is 1. The van der Waals surface area contributed by atoms with E-state index in [1.807, 2.05) is 36.6 Å². The molecule has 1 aromatic rings. The zero-order valence-electron chi connectivity index (χ0n) is 13.9. The summed E-state index contributed by atoms with van der Waals surface area (Å²) < 4.78 is 4.84. The van der Waals surface area contributed by atoms with Crippen molar-refractivity contribution in [2.75, 3.05) is 18.6 Å². The van der Waals surface area contributed by atoms with Crippen molar-refractivity contribution >= 4 is 29.5 Å². The van der Waals surface area contributed by atoms with Crippen molar-refractivity contribution in [1.29, 1.82) is 0 Å². The molecule has 1 aromatic carbocycles. The van der Waals surface area contributed by atoms with Gasteiger partial charge in [0, 0.05) is 13.0 Å². The van der Waals surface area contributed by atoms with E-state index in [-0.39, 0.29) is 5.91 Å². The third-order valence-electron chi connectivity index (χ3n) is 3.73. The minimum absolute atomic E-state index is 0.286. The van der Waals surface area contributed by atoms with Gasteiger partial charge < -0.3 is 20.5 Å². The molecule has 0 bridgehead atoms. The van der Waals surface area contributed by atoms with Crippen LogP contribution in [0.25, 0.3) is 0 Å². The van der Waals surface area contributed by atoms with Crippen LogP contribution in [0.2, 0.25) is 0 Å². The van der Waals surface area contributed by atoms with Gasteiger partial charge in [-0.15, -0.1) is 0 Å². The Balaban J connectivity index is 1.95. The van der Waals surface area contributed by atoms with Crippen LogP contribution in [0.4, 0.5) is 0 Å². The quantitative estimate of drug-likeness (QED) is 0.410. The van der Waals surface area contributed by atoms with Crippen molar-refractivity contribution in [3.05, 3.63) is 35.9 Å². The molecule has 3 N–H and O–H groups in total. The summed E-state index contributed by atoms with van der Waals surface area (Å²) in [5, 5.41) is 14.3. The highest BCUT2D eigenvalue weighted by Crippen LogP contribution is 2.22. The van der Waals surface area contributed by atoms with Gasteiger partial charge in [0.2, 0.25) is 5.91 Å². The molecule has 0 aromatic heterocycles. The number of carboxylic acids is 1. The maximum absolute atomic E-state index is 12.4. The molecule has 25 heavy (non-hydrogen) atoms. The Morgan fingerprint density at radius 3 is 2.56 bits per heavy atom. The minimum Gasteiger partial charge on any atom is -0.479 e. The average molecular weight is 366 g/mol. The monoisotopic (exact) mass is 366 g/mol. The molecule has 136 valence electrons. The van der Waals surface area contributed by atoms with Gasteiger partial charge in [-0.05, 0) is 24.0 Å². The molecular weight excluding hydrogens is 344 g/mol. The molecule has 3 atom stereocenters. The van der Waals surface area contributed by atoms with E-state index in [0.29, 0.717) is 13.0 Å². The van der Waals surface area contributed by atoms with E-state index >= 15 is 0 Å². The molecule has 1 heterocycles. The van der Waals surface area contributed by atoms with Crippen molar-refractivity contribution in [3.8, 4) is 0 Å². The Morgan fingerprint density at radius 2 is 1.96 bits per heavy atom. The van der Waals surface area contributed by atoms with E-state index in [9.17, 15) is 14.4 Å². The number of rotatable bonds is 10. The van der Waals surface area contributed by atoms with Crippen molar-refractivity contribution in [3.63, 3.8) is 0 Å². The van der Waals surface area contributed by atoms with Crippen molar-refractivity contribution in [2.24, 2.45) is 0 Å². The SMILES string of the molecule is CSCCCNC(=O)[C@H](Cc1ccccc1)NC(=O)[C@H]1O[C@@H]1C(=O)O. The summed E-state index contributed by atoms with van der Waals surface area (Å²) in [6.07, 6.45) is 1.01. The first-order chi connectivity index (χ1) is 12.0. The first kappa shape index (κ1) is 19.3. The second-order valence-corrected chi connectivity index (χ2v) is 6.69. The van der Waals surface area contributed by atoms with E-state index < -0.39 is 30.1 Å². The fourth-order valence-corrected chi connectivity index (χ4v) is 2.80. The third-order valence-corrected chi connectivity index (χ3v) is 4.43. The lowest BCUT2D eigenvalue weighted by Gasteiger charge is -2.18. The second-order valence-electron chi connectivity index (χ2n) is 5.70. The number of carboxylic acid groups (broad SMARTS) is 1. The first-order valence-corrected chi connectivity index (χ1v) is 9.41. The highest BCUT2D eigenvalue weighted by Gasteiger charge is 2.51. The number of carbonyl (C=O) groups is 3. The van der Waals surface area contributed by atoms with Crippen LogP contribution in [0.5, 0.6) is 0 Å². The van der Waals surface area contributed by atoms with Crippen LogP contribution in [0.15, 0.2) is 30.3 Å². The molecule has 1 saturated heterocycles. The summed E-state index contributed by atoms with van der Waals surface area (Å²) in [7, 11) is 0. The molecule has 0 aliphatic carbocycles. The number of thioether (sulfide) groups is 1. The van der Waals surface area contributed by atoms with Crippen molar-refractivity contribution < 1.29 is 24.2 Å². The lowest BCUT2D eigenvalue weighted by molar-refractivity contribution is -0.138. The Hall–Kier alpha value is -2.06. The lowest BCUT2D eigenvalue weighted by Crippen LogP contribution is -2.49. The van der Waals surface area contributed by atoms with Crippen LogP contribution in [0, 0.1) is 0 Å². The van der Waals surface area contributed by atoms with E-state index in [1.165, 1.54) is 0 Å². The number of carbonyl (C=O) groups excluding carboxylic acids is 2. The van der Waals surface area contributed by atoms with Gasteiger partial charge in [-0.2, -0.15) is 11.8 Å². The molecule has 2 amide bonds. The molecule has 0 saturated carbocycles. The fraction of sp³-hybridized carbons (Fsp3) is 0.471. The zero-order valence-corrected chi connectivity index (χ0v) is 14.8. The van der Waals surface area contributed by atoms with Crippen LogP contribution in [0.1, 0.15) is 12.0 Å². The molecule has 1 fully saturated rings. The van der Waals surface area contributed by atoms with Crippen molar-refractivity contribution in [1.82, 2.24) is 10.6 Å². The number of amides is 2. The molecular formula is C17H22N2O5S. The van der Waals surface area contributed by atoms with Crippen LogP contribution < -0.4 is 10.6 Å². The average Bonchev–Trinajstić information content (AvgIpc) is 3.40. The van der Waals surface area contributed by atoms with E-state index in [0.717, 1.165) is 17.7 Å². The van der Waals surface area contributed by atoms with Crippen LogP contribution in [-0.4, -0.2) is 59.7 Å². The van der Waals surface area contributed by atoms with Gasteiger partial charge in [0.05, 0.1) is 0 Å².